The molecule has 0 bridgehead atoms. The van der Waals surface area contributed by atoms with Gasteiger partial charge in [-0.05, 0) is 12.5 Å². The minimum absolute atomic E-state index is 0.190. The molecule has 0 fully saturated rings. The number of pyridine rings is 1. The Morgan fingerprint density at radius 2 is 2.00 bits per heavy atom. The number of hydrogen-bond donors (Lipinski definition) is 1. The fourth-order valence-electron chi connectivity index (χ4n) is 4.28. The summed E-state index contributed by atoms with van der Waals surface area (Å²) in [5, 5.41) is 24.3. The van der Waals surface area contributed by atoms with Gasteiger partial charge in [0.15, 0.2) is 11.5 Å². The molecule has 4 aromatic heterocycles. The molecule has 0 saturated heterocycles. The van der Waals surface area contributed by atoms with Crippen molar-refractivity contribution in [1.29, 1.82) is 5.26 Å². The molecule has 1 aliphatic carbocycles. The van der Waals surface area contributed by atoms with Crippen LogP contribution in [-0.2, 0) is 10.2 Å². The second-order valence-electron chi connectivity index (χ2n) is 8.36. The fourth-order valence-corrected chi connectivity index (χ4v) is 4.28. The zero-order valence-corrected chi connectivity index (χ0v) is 17.6. The highest BCUT2D eigenvalue weighted by Crippen LogP contribution is 2.46. The van der Waals surface area contributed by atoms with E-state index in [0.717, 1.165) is 0 Å². The third-order valence-electron chi connectivity index (χ3n) is 5.66. The number of alkyl halides is 2. The summed E-state index contributed by atoms with van der Waals surface area (Å²) in [6.07, 6.45) is 3.62. The Morgan fingerprint density at radius 3 is 2.70 bits per heavy atom. The van der Waals surface area contributed by atoms with Crippen LogP contribution in [0, 0.1) is 11.3 Å². The number of nitrogens with zero attached hydrogens (tertiary/aromatic N) is 8. The first kappa shape index (κ1) is 20.6. The number of nitrogens with one attached hydrogen (secondary N) is 1. The van der Waals surface area contributed by atoms with Crippen LogP contribution >= 0.6 is 0 Å². The number of amides is 1. The van der Waals surface area contributed by atoms with Crippen molar-refractivity contribution in [1.82, 2.24) is 34.6 Å². The van der Waals surface area contributed by atoms with Crippen molar-refractivity contribution in [3.05, 3.63) is 59.4 Å². The summed E-state index contributed by atoms with van der Waals surface area (Å²) in [7, 11) is 0. The Hall–Kier alpha value is -4.27. The average molecular weight is 449 g/mol. The number of halogens is 2. The van der Waals surface area contributed by atoms with Gasteiger partial charge in [-0.1, -0.05) is 13.8 Å². The Kier molecular flexibility index (Phi) is 4.63. The molecule has 1 aliphatic rings. The summed E-state index contributed by atoms with van der Waals surface area (Å²) in [5.74, 6) is -0.656. The van der Waals surface area contributed by atoms with E-state index in [0.29, 0.717) is 29.0 Å². The third-order valence-corrected chi connectivity index (χ3v) is 5.66. The first-order valence-corrected chi connectivity index (χ1v) is 10.0. The molecule has 0 unspecified atom stereocenters. The molecule has 1 N–H and O–H groups in total. The summed E-state index contributed by atoms with van der Waals surface area (Å²) in [4.78, 5) is 22.9. The summed E-state index contributed by atoms with van der Waals surface area (Å²) >= 11 is 0. The smallest absolute Gasteiger partial charge is 0.282 e. The molecule has 1 amide bonds. The lowest BCUT2D eigenvalue weighted by atomic mass is 9.88. The summed E-state index contributed by atoms with van der Waals surface area (Å²) in [5.41, 5.74) is 1.28. The van der Waals surface area contributed by atoms with Crippen LogP contribution in [0.3, 0.4) is 0 Å². The molecule has 0 radical (unpaired) electrons. The first-order valence-electron chi connectivity index (χ1n) is 10.0. The van der Waals surface area contributed by atoms with Gasteiger partial charge in [0.05, 0.1) is 35.9 Å². The van der Waals surface area contributed by atoms with Crippen LogP contribution in [-0.4, -0.2) is 40.5 Å². The highest BCUT2D eigenvalue weighted by molar-refractivity contribution is 5.97. The maximum Gasteiger partial charge on any atom is 0.282 e. The van der Waals surface area contributed by atoms with Crippen LogP contribution in [0.4, 0.5) is 14.5 Å². The molecule has 1 atom stereocenters. The second kappa shape index (κ2) is 7.40. The van der Waals surface area contributed by atoms with Gasteiger partial charge in [0.1, 0.15) is 17.3 Å². The maximum atomic E-state index is 13.2. The number of rotatable bonds is 4. The number of hydrogen-bond acceptors (Lipinski definition) is 7. The Morgan fingerprint density at radius 1 is 1.24 bits per heavy atom. The Balaban J connectivity index is 1.47. The molecule has 4 heterocycles. The number of carbonyl (C=O) groups excluding carboxylic acids is 1. The molecule has 12 heteroatoms. The fraction of sp³-hybridized carbons (Fsp3) is 0.286. The molecule has 0 aromatic carbocycles. The third kappa shape index (κ3) is 3.38. The monoisotopic (exact) mass is 449 g/mol. The Bertz CT molecular complexity index is 1420. The molecule has 10 nitrogen and oxygen atoms in total. The van der Waals surface area contributed by atoms with Crippen molar-refractivity contribution in [3.8, 4) is 11.9 Å². The van der Waals surface area contributed by atoms with Gasteiger partial charge in [0, 0.05) is 23.2 Å². The molecular formula is C21H17F2N9O. The lowest BCUT2D eigenvalue weighted by Gasteiger charge is -2.19. The van der Waals surface area contributed by atoms with E-state index in [2.05, 4.69) is 30.6 Å². The molecule has 5 rings (SSSR count). The van der Waals surface area contributed by atoms with E-state index in [1.54, 1.807) is 6.20 Å². The number of anilines is 1. The van der Waals surface area contributed by atoms with Crippen molar-refractivity contribution in [2.45, 2.75) is 38.0 Å². The number of nitriles is 1. The molecule has 0 aliphatic heterocycles. The number of carbonyl (C=O) groups is 1. The predicted molar refractivity (Wildman–Crippen MR) is 111 cm³/mol. The van der Waals surface area contributed by atoms with Gasteiger partial charge >= 0.3 is 0 Å². The van der Waals surface area contributed by atoms with Gasteiger partial charge in [-0.15, -0.1) is 4.80 Å². The highest BCUT2D eigenvalue weighted by atomic mass is 19.3. The van der Waals surface area contributed by atoms with Gasteiger partial charge in [0.2, 0.25) is 5.91 Å². The summed E-state index contributed by atoms with van der Waals surface area (Å²) < 4.78 is 27.8. The highest BCUT2D eigenvalue weighted by Gasteiger charge is 2.43. The van der Waals surface area contributed by atoms with Crippen LogP contribution in [0.5, 0.6) is 0 Å². The van der Waals surface area contributed by atoms with Gasteiger partial charge in [-0.3, -0.25) is 4.79 Å². The minimum Gasteiger partial charge on any atom is -0.324 e. The minimum atomic E-state index is -2.72. The van der Waals surface area contributed by atoms with Crippen LogP contribution in [0.2, 0.25) is 0 Å². The van der Waals surface area contributed by atoms with E-state index in [4.69, 9.17) is 0 Å². The van der Waals surface area contributed by atoms with E-state index in [9.17, 15) is 18.8 Å². The quantitative estimate of drug-likeness (QED) is 0.507. The second-order valence-corrected chi connectivity index (χ2v) is 8.36. The van der Waals surface area contributed by atoms with Crippen molar-refractivity contribution >= 4 is 17.2 Å². The normalized spacial score (nSPS) is 16.7. The van der Waals surface area contributed by atoms with Crippen molar-refractivity contribution in [2.75, 3.05) is 5.32 Å². The number of aromatic nitrogens is 7. The summed E-state index contributed by atoms with van der Waals surface area (Å²) in [6.45, 7) is 3.87. The predicted octanol–water partition coefficient (Wildman–Crippen LogP) is 2.92. The van der Waals surface area contributed by atoms with E-state index in [1.165, 1.54) is 40.0 Å². The molecule has 0 saturated carbocycles. The zero-order chi connectivity index (χ0) is 23.3. The van der Waals surface area contributed by atoms with Gasteiger partial charge < -0.3 is 5.32 Å². The van der Waals surface area contributed by atoms with Crippen LogP contribution in [0.15, 0.2) is 36.9 Å². The average Bonchev–Trinajstić information content (AvgIpc) is 3.51. The van der Waals surface area contributed by atoms with E-state index < -0.39 is 17.8 Å². The van der Waals surface area contributed by atoms with Gasteiger partial charge in [-0.25, -0.2) is 23.3 Å². The van der Waals surface area contributed by atoms with E-state index in [1.807, 2.05) is 19.9 Å². The number of fused-ring (bicyclic) bond motifs is 3. The van der Waals surface area contributed by atoms with Crippen LogP contribution in [0.25, 0.3) is 11.5 Å². The molecule has 166 valence electrons. The van der Waals surface area contributed by atoms with Crippen molar-refractivity contribution in [3.63, 3.8) is 0 Å². The lowest BCUT2D eigenvalue weighted by molar-refractivity contribution is -0.117. The lowest BCUT2D eigenvalue weighted by Crippen LogP contribution is -2.22. The standard InChI is InChI=1S/C21H17F2N9O/c1-21(2)7-13(14-10-25-16-6-15(18(22)23)30-31(16)17(14)21)20(33)29-12-5-11(8-24)19(26-9-12)32-27-3-4-28-32/h3-6,9-10,13,18H,7H2,1-2H3,(H,29,33)/t13-/m1/s1. The largest absolute Gasteiger partial charge is 0.324 e. The molecular weight excluding hydrogens is 432 g/mol. The topological polar surface area (TPSA) is 127 Å². The molecule has 33 heavy (non-hydrogen) atoms. The maximum absolute atomic E-state index is 13.2. The van der Waals surface area contributed by atoms with Crippen LogP contribution in [0.1, 0.15) is 55.1 Å². The molecule has 0 spiro atoms. The van der Waals surface area contributed by atoms with Crippen molar-refractivity contribution in [2.24, 2.45) is 0 Å². The van der Waals surface area contributed by atoms with E-state index in [-0.39, 0.29) is 23.0 Å². The molecule has 4 aromatic rings. The summed E-state index contributed by atoms with van der Waals surface area (Å²) in [6, 6.07) is 4.77. The van der Waals surface area contributed by atoms with Crippen LogP contribution < -0.4 is 5.32 Å². The van der Waals surface area contributed by atoms with Gasteiger partial charge in [0.25, 0.3) is 6.43 Å². The SMILES string of the molecule is CC1(C)C[C@@H](C(=O)Nc2cnc(-n3nccn3)c(C#N)c2)c2cnc3cc(C(F)F)nn3c21. The van der Waals surface area contributed by atoms with Gasteiger partial charge in [-0.2, -0.15) is 20.6 Å². The first-order chi connectivity index (χ1) is 15.8. The Labute approximate surface area is 185 Å². The zero-order valence-electron chi connectivity index (χ0n) is 17.6. The van der Waals surface area contributed by atoms with E-state index >= 15 is 0 Å². The van der Waals surface area contributed by atoms with Crippen molar-refractivity contribution < 1.29 is 13.6 Å².